The summed E-state index contributed by atoms with van der Waals surface area (Å²) >= 11 is 0. The van der Waals surface area contributed by atoms with Gasteiger partial charge in [-0.15, -0.1) is 0 Å². The van der Waals surface area contributed by atoms with Crippen LogP contribution in [-0.2, 0) is 34.5 Å². The Labute approximate surface area is 208 Å². The molecule has 3 aliphatic rings. The number of esters is 1. The third kappa shape index (κ3) is 4.02. The molecule has 3 atom stereocenters. The highest BCUT2D eigenvalue weighted by Crippen LogP contribution is 2.48. The normalized spacial score (nSPS) is 25.2. The number of amides is 1. The van der Waals surface area contributed by atoms with E-state index in [1.54, 1.807) is 49.9 Å². The molecule has 1 fully saturated rings. The fourth-order valence-electron chi connectivity index (χ4n) is 5.11. The highest BCUT2D eigenvalue weighted by molar-refractivity contribution is 7.53. The Hall–Kier alpha value is -2.78. The number of carbonyl (C=O) groups is 2. The van der Waals surface area contributed by atoms with Crippen LogP contribution in [0.5, 0.6) is 5.75 Å². The van der Waals surface area contributed by atoms with Gasteiger partial charge < -0.3 is 28.5 Å². The van der Waals surface area contributed by atoms with Gasteiger partial charge in [0.2, 0.25) is 5.91 Å². The SMILES string of the molecule is CCOP(=O)(COc1ccc2nc3c(cc2c1)CN1C(=O)C2COC(=O)[C@](O)(CC)C2=CC31)OCC. The van der Waals surface area contributed by atoms with Crippen LogP contribution < -0.4 is 4.74 Å². The largest absolute Gasteiger partial charge is 0.481 e. The van der Waals surface area contributed by atoms with Crippen LogP contribution in [0.25, 0.3) is 10.9 Å². The quantitative estimate of drug-likeness (QED) is 0.319. The molecule has 0 radical (unpaired) electrons. The summed E-state index contributed by atoms with van der Waals surface area (Å²) in [5.41, 5.74) is 0.875. The van der Waals surface area contributed by atoms with Gasteiger partial charge in [-0.25, -0.2) is 9.78 Å². The van der Waals surface area contributed by atoms with Crippen molar-refractivity contribution in [2.75, 3.05) is 26.2 Å². The molecule has 0 saturated carbocycles. The molecule has 1 aromatic heterocycles. The van der Waals surface area contributed by atoms with E-state index in [-0.39, 0.29) is 38.5 Å². The van der Waals surface area contributed by atoms with Gasteiger partial charge in [-0.2, -0.15) is 0 Å². The second-order valence-corrected chi connectivity index (χ2v) is 11.0. The monoisotopic (exact) mass is 516 g/mol. The van der Waals surface area contributed by atoms with Crippen molar-refractivity contribution in [2.45, 2.75) is 45.4 Å². The maximum atomic E-state index is 13.3. The van der Waals surface area contributed by atoms with Gasteiger partial charge in [-0.05, 0) is 55.7 Å². The Kier molecular flexibility index (Phi) is 6.41. The first-order valence-corrected chi connectivity index (χ1v) is 13.8. The number of rotatable bonds is 8. The summed E-state index contributed by atoms with van der Waals surface area (Å²) in [6, 6.07) is 6.80. The van der Waals surface area contributed by atoms with E-state index < -0.39 is 31.1 Å². The van der Waals surface area contributed by atoms with E-state index in [0.29, 0.717) is 29.1 Å². The fraction of sp³-hybridized carbons (Fsp3) is 0.480. The molecule has 1 saturated heterocycles. The minimum absolute atomic E-state index is 0.0746. The summed E-state index contributed by atoms with van der Waals surface area (Å²) in [6.45, 7) is 5.95. The van der Waals surface area contributed by atoms with Crippen molar-refractivity contribution in [3.05, 3.63) is 47.2 Å². The average Bonchev–Trinajstić information content (AvgIpc) is 3.22. The van der Waals surface area contributed by atoms with Gasteiger partial charge in [0.1, 0.15) is 12.4 Å². The molecule has 2 unspecified atom stereocenters. The van der Waals surface area contributed by atoms with Crippen molar-refractivity contribution in [1.82, 2.24) is 9.88 Å². The molecule has 0 bridgehead atoms. The lowest BCUT2D eigenvalue weighted by atomic mass is 9.76. The first-order chi connectivity index (χ1) is 17.2. The predicted octanol–water partition coefficient (Wildman–Crippen LogP) is 3.47. The third-order valence-corrected chi connectivity index (χ3v) is 8.65. The summed E-state index contributed by atoms with van der Waals surface area (Å²) in [4.78, 5) is 32.2. The number of fused-ring (bicyclic) bond motifs is 5. The molecule has 192 valence electrons. The highest BCUT2D eigenvalue weighted by Gasteiger charge is 2.54. The van der Waals surface area contributed by atoms with Gasteiger partial charge in [-0.1, -0.05) is 13.0 Å². The zero-order valence-corrected chi connectivity index (χ0v) is 21.3. The van der Waals surface area contributed by atoms with Crippen LogP contribution >= 0.6 is 7.60 Å². The van der Waals surface area contributed by atoms with Gasteiger partial charge in [0.15, 0.2) is 11.9 Å². The minimum Gasteiger partial charge on any atom is -0.481 e. The number of aromatic nitrogens is 1. The second-order valence-electron chi connectivity index (χ2n) is 9.00. The maximum Gasteiger partial charge on any atom is 0.367 e. The molecule has 0 aliphatic carbocycles. The molecule has 36 heavy (non-hydrogen) atoms. The average molecular weight is 516 g/mol. The van der Waals surface area contributed by atoms with Crippen molar-refractivity contribution in [3.8, 4) is 5.75 Å². The topological polar surface area (TPSA) is 124 Å². The van der Waals surface area contributed by atoms with Gasteiger partial charge in [0, 0.05) is 11.9 Å². The Morgan fingerprint density at radius 3 is 2.64 bits per heavy atom. The standard InChI is InChI=1S/C25H29N2O8P/c1-4-25(30)19-11-21-22-16(12-27(21)23(28)18(19)13-32-24(25)29)9-15-10-17(7-8-20(15)26-22)33-14-36(31,34-5-2)35-6-3/h7-11,18,21,30H,4-6,12-14H2,1-3H3/t18?,21?,25-/m0/s1. The zero-order chi connectivity index (χ0) is 25.7. The number of nitrogens with zero attached hydrogens (tertiary/aromatic N) is 2. The molecule has 1 amide bonds. The number of hydrogen-bond acceptors (Lipinski definition) is 9. The summed E-state index contributed by atoms with van der Waals surface area (Å²) in [5.74, 6) is -1.11. The molecule has 4 heterocycles. The lowest BCUT2D eigenvalue weighted by molar-refractivity contribution is -0.173. The molecular formula is C25H29N2O8P. The number of carbonyl (C=O) groups excluding carboxylic acids is 2. The molecule has 0 spiro atoms. The van der Waals surface area contributed by atoms with Crippen LogP contribution in [-0.4, -0.2) is 58.6 Å². The Morgan fingerprint density at radius 2 is 1.94 bits per heavy atom. The predicted molar refractivity (Wildman–Crippen MR) is 129 cm³/mol. The van der Waals surface area contributed by atoms with Gasteiger partial charge in [0.25, 0.3) is 0 Å². The molecular weight excluding hydrogens is 487 g/mol. The van der Waals surface area contributed by atoms with Gasteiger partial charge in [0.05, 0.1) is 36.4 Å². The molecule has 1 aromatic carbocycles. The molecule has 11 heteroatoms. The number of ether oxygens (including phenoxy) is 2. The van der Waals surface area contributed by atoms with Crippen molar-refractivity contribution in [3.63, 3.8) is 0 Å². The van der Waals surface area contributed by atoms with E-state index in [1.165, 1.54) is 0 Å². The van der Waals surface area contributed by atoms with Crippen molar-refractivity contribution >= 4 is 30.4 Å². The smallest absolute Gasteiger partial charge is 0.367 e. The van der Waals surface area contributed by atoms with E-state index in [4.69, 9.17) is 23.5 Å². The van der Waals surface area contributed by atoms with Crippen LogP contribution in [0.3, 0.4) is 0 Å². The number of cyclic esters (lactones) is 1. The molecule has 5 rings (SSSR count). The molecule has 3 aliphatic heterocycles. The van der Waals surface area contributed by atoms with Crippen LogP contribution in [0, 0.1) is 5.92 Å². The van der Waals surface area contributed by atoms with E-state index in [2.05, 4.69) is 0 Å². The number of benzene rings is 1. The van der Waals surface area contributed by atoms with Gasteiger partial charge >= 0.3 is 13.6 Å². The molecule has 10 nitrogen and oxygen atoms in total. The Bertz CT molecular complexity index is 1300. The lowest BCUT2D eigenvalue weighted by Crippen LogP contribution is -2.55. The molecule has 2 aromatic rings. The zero-order valence-electron chi connectivity index (χ0n) is 20.4. The lowest BCUT2D eigenvalue weighted by Gasteiger charge is -2.42. The van der Waals surface area contributed by atoms with Crippen LogP contribution in [0.1, 0.15) is 44.5 Å². The van der Waals surface area contributed by atoms with Crippen LogP contribution in [0.15, 0.2) is 35.9 Å². The summed E-state index contributed by atoms with van der Waals surface area (Å²) in [6.07, 6.45) is 1.71. The van der Waals surface area contributed by atoms with Crippen LogP contribution in [0.4, 0.5) is 0 Å². The summed E-state index contributed by atoms with van der Waals surface area (Å²) in [5, 5.41) is 11.8. The first kappa shape index (κ1) is 24.9. The third-order valence-electron chi connectivity index (χ3n) is 6.90. The Balaban J connectivity index is 1.45. The van der Waals surface area contributed by atoms with E-state index in [1.807, 2.05) is 6.07 Å². The highest BCUT2D eigenvalue weighted by atomic mass is 31.2. The van der Waals surface area contributed by atoms with Crippen molar-refractivity contribution in [1.29, 1.82) is 0 Å². The summed E-state index contributed by atoms with van der Waals surface area (Å²) in [7, 11) is -3.36. The van der Waals surface area contributed by atoms with E-state index in [0.717, 1.165) is 10.9 Å². The maximum absolute atomic E-state index is 13.3. The molecule has 1 N–H and O–H groups in total. The van der Waals surface area contributed by atoms with Crippen molar-refractivity contribution < 1.29 is 37.8 Å². The minimum atomic E-state index is -3.36. The van der Waals surface area contributed by atoms with Crippen molar-refractivity contribution in [2.24, 2.45) is 5.92 Å². The van der Waals surface area contributed by atoms with E-state index in [9.17, 15) is 19.3 Å². The number of pyridine rings is 1. The van der Waals surface area contributed by atoms with Gasteiger partial charge in [-0.3, -0.25) is 9.36 Å². The first-order valence-electron chi connectivity index (χ1n) is 12.1. The van der Waals surface area contributed by atoms with E-state index >= 15 is 0 Å². The number of hydrogen-bond donors (Lipinski definition) is 1. The summed E-state index contributed by atoms with van der Waals surface area (Å²) < 4.78 is 34.2. The Morgan fingerprint density at radius 1 is 1.19 bits per heavy atom. The second kappa shape index (κ2) is 9.27. The fourth-order valence-corrected chi connectivity index (χ4v) is 6.43. The number of aliphatic hydroxyl groups is 1. The van der Waals surface area contributed by atoms with Crippen LogP contribution in [0.2, 0.25) is 0 Å².